The molecule has 0 spiro atoms. The zero-order valence-electron chi connectivity index (χ0n) is 6.62. The summed E-state index contributed by atoms with van der Waals surface area (Å²) in [5.41, 5.74) is 8.39. The van der Waals surface area contributed by atoms with Gasteiger partial charge in [0.05, 0.1) is 0 Å². The van der Waals surface area contributed by atoms with E-state index in [1.54, 1.807) is 0 Å². The van der Waals surface area contributed by atoms with E-state index in [1.165, 1.54) is 11.1 Å². The summed E-state index contributed by atoms with van der Waals surface area (Å²) >= 11 is 0. The monoisotopic (exact) mass is 148 g/mol. The Hall–Kier alpha value is -0.890. The summed E-state index contributed by atoms with van der Waals surface area (Å²) in [7, 11) is 0. The van der Waals surface area contributed by atoms with Gasteiger partial charge in [0.2, 0.25) is 0 Å². The molecule has 11 heavy (non-hydrogen) atoms. The van der Waals surface area contributed by atoms with E-state index in [4.69, 9.17) is 5.73 Å². The first-order valence-electron chi connectivity index (χ1n) is 3.95. The Labute approximate surface area is 66.4 Å². The van der Waals surface area contributed by atoms with Crippen LogP contribution in [0.4, 0.5) is 0 Å². The Bertz CT molecular complexity index is 270. The van der Waals surface area contributed by atoms with Gasteiger partial charge in [-0.2, -0.15) is 0 Å². The Morgan fingerprint density at radius 3 is 2.91 bits per heavy atom. The van der Waals surface area contributed by atoms with Gasteiger partial charge in [0.15, 0.2) is 0 Å². The van der Waals surface area contributed by atoms with E-state index < -0.39 is 0 Å². The molecule has 0 saturated heterocycles. The van der Waals surface area contributed by atoms with Crippen molar-refractivity contribution in [1.82, 2.24) is 4.98 Å². The summed E-state index contributed by atoms with van der Waals surface area (Å²) in [6, 6.07) is 2.43. The number of nitrogens with two attached hydrogens (primary N) is 1. The quantitative estimate of drug-likeness (QED) is 0.650. The smallest absolute Gasteiger partial charge is 0.0305 e. The molecule has 1 aromatic rings. The molecule has 2 heteroatoms. The molecule has 0 radical (unpaired) electrons. The topological polar surface area (TPSA) is 38.9 Å². The van der Waals surface area contributed by atoms with Crippen molar-refractivity contribution < 1.29 is 0 Å². The van der Waals surface area contributed by atoms with Crippen LogP contribution in [-0.4, -0.2) is 11.0 Å². The van der Waals surface area contributed by atoms with Crippen LogP contribution in [-0.2, 0) is 0 Å². The number of hydrogen-bond acceptors (Lipinski definition) is 2. The van der Waals surface area contributed by atoms with Gasteiger partial charge >= 0.3 is 0 Å². The predicted molar refractivity (Wildman–Crippen MR) is 44.3 cm³/mol. The van der Waals surface area contributed by atoms with Crippen LogP contribution in [0.5, 0.6) is 0 Å². The Morgan fingerprint density at radius 2 is 2.36 bits per heavy atom. The van der Waals surface area contributed by atoms with Gasteiger partial charge in [0.25, 0.3) is 0 Å². The first-order valence-corrected chi connectivity index (χ1v) is 3.95. The summed E-state index contributed by atoms with van der Waals surface area (Å²) in [5.74, 6) is 0.587. The highest BCUT2D eigenvalue weighted by Gasteiger charge is 2.35. The first-order chi connectivity index (χ1) is 5.29. The van der Waals surface area contributed by atoms with Crippen LogP contribution in [0.1, 0.15) is 23.5 Å². The SMILES string of the molecule is Cc1ccncc1[C@@H]1C[C@H]1N. The fraction of sp³-hybridized carbons (Fsp3) is 0.444. The minimum atomic E-state index is 0.387. The molecule has 1 fully saturated rings. The molecule has 2 rings (SSSR count). The van der Waals surface area contributed by atoms with Gasteiger partial charge < -0.3 is 5.73 Å². The number of aryl methyl sites for hydroxylation is 1. The normalized spacial score (nSPS) is 28.5. The standard InChI is InChI=1S/C9H12N2/c1-6-2-3-11-5-8(6)7-4-9(7)10/h2-3,5,7,9H,4,10H2,1H3/t7-,9+/m0/s1. The van der Waals surface area contributed by atoms with E-state index >= 15 is 0 Å². The maximum atomic E-state index is 5.74. The number of rotatable bonds is 1. The second-order valence-electron chi connectivity index (χ2n) is 3.24. The molecule has 0 aromatic carbocycles. The average molecular weight is 148 g/mol. The van der Waals surface area contributed by atoms with Crippen molar-refractivity contribution in [3.8, 4) is 0 Å². The average Bonchev–Trinajstić information content (AvgIpc) is 2.68. The molecule has 0 unspecified atom stereocenters. The van der Waals surface area contributed by atoms with E-state index in [-0.39, 0.29) is 0 Å². The van der Waals surface area contributed by atoms with Crippen LogP contribution in [0, 0.1) is 6.92 Å². The van der Waals surface area contributed by atoms with Crippen LogP contribution in [0.15, 0.2) is 18.5 Å². The summed E-state index contributed by atoms with van der Waals surface area (Å²) < 4.78 is 0. The van der Waals surface area contributed by atoms with E-state index in [2.05, 4.69) is 11.9 Å². The van der Waals surface area contributed by atoms with Gasteiger partial charge in [-0.05, 0) is 30.5 Å². The molecule has 1 aliphatic carbocycles. The summed E-state index contributed by atoms with van der Waals surface area (Å²) in [5, 5.41) is 0. The van der Waals surface area contributed by atoms with Crippen molar-refractivity contribution in [1.29, 1.82) is 0 Å². The zero-order chi connectivity index (χ0) is 7.84. The van der Waals surface area contributed by atoms with Crippen molar-refractivity contribution in [3.63, 3.8) is 0 Å². The number of nitrogens with zero attached hydrogens (tertiary/aromatic N) is 1. The largest absolute Gasteiger partial charge is 0.327 e. The summed E-state index contributed by atoms with van der Waals surface area (Å²) in [6.07, 6.45) is 4.89. The van der Waals surface area contributed by atoms with Crippen LogP contribution in [0.25, 0.3) is 0 Å². The molecule has 1 heterocycles. The summed E-state index contributed by atoms with van der Waals surface area (Å²) in [6.45, 7) is 2.11. The van der Waals surface area contributed by atoms with Crippen LogP contribution < -0.4 is 5.73 Å². The molecule has 2 atom stereocenters. The minimum absolute atomic E-state index is 0.387. The van der Waals surface area contributed by atoms with Gasteiger partial charge in [-0.25, -0.2) is 0 Å². The van der Waals surface area contributed by atoms with E-state index in [1.807, 2.05) is 18.5 Å². The van der Waals surface area contributed by atoms with Gasteiger partial charge in [0.1, 0.15) is 0 Å². The maximum Gasteiger partial charge on any atom is 0.0305 e. The molecule has 0 bridgehead atoms. The van der Waals surface area contributed by atoms with Crippen molar-refractivity contribution >= 4 is 0 Å². The van der Waals surface area contributed by atoms with E-state index in [0.717, 1.165) is 6.42 Å². The van der Waals surface area contributed by atoms with Gasteiger partial charge in [-0.15, -0.1) is 0 Å². The second kappa shape index (κ2) is 2.31. The molecular weight excluding hydrogens is 136 g/mol. The lowest BCUT2D eigenvalue weighted by atomic mass is 10.1. The molecule has 0 aliphatic heterocycles. The molecule has 58 valence electrons. The third kappa shape index (κ3) is 1.14. The number of aromatic nitrogens is 1. The third-order valence-corrected chi connectivity index (χ3v) is 2.32. The molecular formula is C9H12N2. The van der Waals surface area contributed by atoms with Gasteiger partial charge in [-0.1, -0.05) is 0 Å². The van der Waals surface area contributed by atoms with E-state index in [9.17, 15) is 0 Å². The molecule has 2 nitrogen and oxygen atoms in total. The van der Waals surface area contributed by atoms with Gasteiger partial charge in [-0.3, -0.25) is 4.98 Å². The van der Waals surface area contributed by atoms with Crippen LogP contribution in [0.3, 0.4) is 0 Å². The van der Waals surface area contributed by atoms with Crippen molar-refractivity contribution in [2.45, 2.75) is 25.3 Å². The van der Waals surface area contributed by atoms with Gasteiger partial charge in [0, 0.05) is 24.4 Å². The van der Waals surface area contributed by atoms with Crippen molar-refractivity contribution in [3.05, 3.63) is 29.6 Å². The fourth-order valence-corrected chi connectivity index (χ4v) is 1.44. The lowest BCUT2D eigenvalue weighted by Gasteiger charge is -2.00. The molecule has 0 amide bonds. The fourth-order valence-electron chi connectivity index (χ4n) is 1.44. The predicted octanol–water partition coefficient (Wildman–Crippen LogP) is 1.20. The number of pyridine rings is 1. The molecule has 2 N–H and O–H groups in total. The van der Waals surface area contributed by atoms with Crippen molar-refractivity contribution in [2.24, 2.45) is 5.73 Å². The lowest BCUT2D eigenvalue weighted by molar-refractivity contribution is 0.968. The highest BCUT2D eigenvalue weighted by molar-refractivity contribution is 5.31. The number of hydrogen-bond donors (Lipinski definition) is 1. The van der Waals surface area contributed by atoms with E-state index in [0.29, 0.717) is 12.0 Å². The summed E-state index contributed by atoms with van der Waals surface area (Å²) in [4.78, 5) is 4.09. The molecule has 1 saturated carbocycles. The highest BCUT2D eigenvalue weighted by atomic mass is 14.8. The minimum Gasteiger partial charge on any atom is -0.327 e. The van der Waals surface area contributed by atoms with Crippen LogP contribution >= 0.6 is 0 Å². The lowest BCUT2D eigenvalue weighted by Crippen LogP contribution is -2.02. The zero-order valence-corrected chi connectivity index (χ0v) is 6.62. The Kier molecular flexibility index (Phi) is 1.43. The third-order valence-electron chi connectivity index (χ3n) is 2.32. The highest BCUT2D eigenvalue weighted by Crippen LogP contribution is 2.39. The Morgan fingerprint density at radius 1 is 1.64 bits per heavy atom. The Balaban J connectivity index is 2.31. The maximum absolute atomic E-state index is 5.74. The van der Waals surface area contributed by atoms with Crippen molar-refractivity contribution in [2.75, 3.05) is 0 Å². The molecule has 1 aliphatic rings. The first kappa shape index (κ1) is 6.80. The van der Waals surface area contributed by atoms with Crippen LogP contribution in [0.2, 0.25) is 0 Å². The molecule has 1 aromatic heterocycles. The second-order valence-corrected chi connectivity index (χ2v) is 3.24.